The molecule has 0 bridgehead atoms. The number of fused-ring (bicyclic) bond motifs is 2. The van der Waals surface area contributed by atoms with Crippen molar-refractivity contribution in [1.82, 2.24) is 0 Å². The topological polar surface area (TPSA) is 55.7 Å². The van der Waals surface area contributed by atoms with Crippen LogP contribution in [-0.2, 0) is 4.84 Å². The van der Waals surface area contributed by atoms with Crippen LogP contribution < -0.4 is 0 Å². The Morgan fingerprint density at radius 2 is 1.35 bits per heavy atom. The molecular weight excluding hydrogens is 326 g/mol. The molecule has 4 heteroatoms. The Hall–Kier alpha value is -3.53. The van der Waals surface area contributed by atoms with Gasteiger partial charge >= 0.3 is 5.97 Å². The van der Waals surface area contributed by atoms with Crippen LogP contribution in [0.25, 0.3) is 32.7 Å². The van der Waals surface area contributed by atoms with Crippen LogP contribution in [-0.4, -0.2) is 5.97 Å². The third-order valence-corrected chi connectivity index (χ3v) is 4.66. The lowest BCUT2D eigenvalue weighted by Gasteiger charge is -2.16. The van der Waals surface area contributed by atoms with E-state index in [0.717, 1.165) is 38.2 Å². The zero-order valence-corrected chi connectivity index (χ0v) is 14.1. The molecule has 4 rings (SSSR count). The summed E-state index contributed by atoms with van der Waals surface area (Å²) < 4.78 is 0. The average Bonchev–Trinajstić information content (AvgIpc) is 2.67. The number of hydrogen-bond acceptors (Lipinski definition) is 4. The summed E-state index contributed by atoms with van der Waals surface area (Å²) >= 11 is 0. The maximum absolute atomic E-state index is 12.4. The summed E-state index contributed by atoms with van der Waals surface area (Å²) in [6.07, 6.45) is 0. The van der Waals surface area contributed by atoms with Crippen molar-refractivity contribution in [3.05, 3.63) is 88.8 Å². The normalized spacial score (nSPS) is 10.8. The molecule has 0 radical (unpaired) electrons. The highest BCUT2D eigenvalue weighted by Gasteiger charge is 2.20. The predicted molar refractivity (Wildman–Crippen MR) is 103 cm³/mol. The number of hydrogen-bond donors (Lipinski definition) is 0. The van der Waals surface area contributed by atoms with Crippen molar-refractivity contribution in [1.29, 1.82) is 0 Å². The summed E-state index contributed by atoms with van der Waals surface area (Å²) in [6.45, 7) is 2.01. The molecule has 0 aromatic heterocycles. The second-order valence-corrected chi connectivity index (χ2v) is 6.14. The number of carbonyl (C=O) groups is 1. The first kappa shape index (κ1) is 16.0. The van der Waals surface area contributed by atoms with Crippen molar-refractivity contribution in [2.24, 2.45) is 5.34 Å². The summed E-state index contributed by atoms with van der Waals surface area (Å²) in [6, 6.07) is 23.5. The number of rotatable bonds is 3. The van der Waals surface area contributed by atoms with Gasteiger partial charge in [-0.2, -0.15) is 0 Å². The molecule has 4 aromatic carbocycles. The van der Waals surface area contributed by atoms with E-state index < -0.39 is 5.97 Å². The van der Waals surface area contributed by atoms with Gasteiger partial charge in [-0.3, -0.25) is 4.84 Å². The number of benzene rings is 4. The van der Waals surface area contributed by atoms with Crippen LogP contribution in [0, 0.1) is 11.8 Å². The minimum atomic E-state index is -0.756. The molecule has 0 heterocycles. The summed E-state index contributed by atoms with van der Waals surface area (Å²) in [5.74, 6) is -0.756. The second-order valence-electron chi connectivity index (χ2n) is 6.14. The van der Waals surface area contributed by atoms with Gasteiger partial charge in [0, 0.05) is 5.56 Å². The highest BCUT2D eigenvalue weighted by atomic mass is 16.7. The van der Waals surface area contributed by atoms with E-state index in [0.29, 0.717) is 5.56 Å². The van der Waals surface area contributed by atoms with Gasteiger partial charge < -0.3 is 0 Å². The molecule has 0 aliphatic carbocycles. The number of nitrogens with zero attached hydrogens (tertiary/aromatic N) is 1. The summed E-state index contributed by atoms with van der Waals surface area (Å²) in [5.41, 5.74) is 3.07. The van der Waals surface area contributed by atoms with Gasteiger partial charge in [0.05, 0.1) is 5.56 Å². The lowest BCUT2D eigenvalue weighted by atomic mass is 9.87. The molecule has 26 heavy (non-hydrogen) atoms. The molecule has 4 aromatic rings. The van der Waals surface area contributed by atoms with E-state index in [1.807, 2.05) is 67.6 Å². The monoisotopic (exact) mass is 341 g/mol. The smallest absolute Gasteiger partial charge is 0.279 e. The van der Waals surface area contributed by atoms with E-state index >= 15 is 0 Å². The molecule has 126 valence electrons. The van der Waals surface area contributed by atoms with Gasteiger partial charge in [-0.15, -0.1) is 4.91 Å². The van der Waals surface area contributed by atoms with Gasteiger partial charge in [0.25, 0.3) is 0 Å². The molecule has 0 saturated heterocycles. The fraction of sp³-hybridized carbons (Fsp3) is 0.0455. The molecule has 0 spiro atoms. The van der Waals surface area contributed by atoms with E-state index in [2.05, 4.69) is 16.2 Å². The van der Waals surface area contributed by atoms with Crippen LogP contribution in [0.3, 0.4) is 0 Å². The Morgan fingerprint density at radius 1 is 0.769 bits per heavy atom. The average molecular weight is 341 g/mol. The zero-order chi connectivity index (χ0) is 18.1. The lowest BCUT2D eigenvalue weighted by molar-refractivity contribution is 0.0509. The van der Waals surface area contributed by atoms with Crippen LogP contribution in [0.15, 0.2) is 78.1 Å². The Kier molecular flexibility index (Phi) is 3.93. The largest absolute Gasteiger partial charge is 0.369 e. The molecular formula is C22H15NO3. The first-order valence-electron chi connectivity index (χ1n) is 8.25. The standard InChI is InChI=1S/C22H15NO3/c1-14-10-11-15-6-2-4-8-17(15)20(14)21-18-9-5-3-7-16(18)12-13-19(21)22(24)26-23-25/h2-13H,1H3. The molecule has 0 aliphatic heterocycles. The number of carbonyl (C=O) groups excluding carboxylic acids is 1. The van der Waals surface area contributed by atoms with Crippen molar-refractivity contribution < 1.29 is 9.63 Å². The minimum absolute atomic E-state index is 0.322. The number of aryl methyl sites for hydroxylation is 1. The van der Waals surface area contributed by atoms with Gasteiger partial charge in [-0.05, 0) is 45.7 Å². The molecule has 4 nitrogen and oxygen atoms in total. The van der Waals surface area contributed by atoms with Gasteiger partial charge in [-0.1, -0.05) is 66.7 Å². The molecule has 0 aliphatic rings. The summed E-state index contributed by atoms with van der Waals surface area (Å²) in [7, 11) is 0. The third kappa shape index (κ3) is 2.52. The second kappa shape index (κ2) is 6.41. The van der Waals surface area contributed by atoms with Crippen molar-refractivity contribution in [2.75, 3.05) is 0 Å². The Balaban J connectivity index is 2.17. The lowest BCUT2D eigenvalue weighted by Crippen LogP contribution is -2.04. The van der Waals surface area contributed by atoms with Crippen molar-refractivity contribution >= 4 is 27.5 Å². The van der Waals surface area contributed by atoms with Crippen LogP contribution >= 0.6 is 0 Å². The Morgan fingerprint density at radius 3 is 2.00 bits per heavy atom. The molecule has 0 N–H and O–H groups in total. The van der Waals surface area contributed by atoms with Crippen LogP contribution in [0.1, 0.15) is 15.9 Å². The summed E-state index contributed by atoms with van der Waals surface area (Å²) in [4.78, 5) is 27.3. The van der Waals surface area contributed by atoms with E-state index in [-0.39, 0.29) is 0 Å². The van der Waals surface area contributed by atoms with E-state index in [1.54, 1.807) is 6.07 Å². The van der Waals surface area contributed by atoms with Crippen molar-refractivity contribution in [2.45, 2.75) is 6.92 Å². The van der Waals surface area contributed by atoms with E-state index in [4.69, 9.17) is 0 Å². The first-order valence-corrected chi connectivity index (χ1v) is 8.25. The van der Waals surface area contributed by atoms with Crippen LogP contribution in [0.4, 0.5) is 0 Å². The fourth-order valence-corrected chi connectivity index (χ4v) is 3.51. The van der Waals surface area contributed by atoms with Crippen LogP contribution in [0.5, 0.6) is 0 Å². The van der Waals surface area contributed by atoms with Gasteiger partial charge in [-0.25, -0.2) is 4.79 Å². The highest BCUT2D eigenvalue weighted by molar-refractivity contribution is 6.13. The molecule has 0 saturated carbocycles. The SMILES string of the molecule is Cc1ccc2ccccc2c1-c1c(C(=O)ON=O)ccc2ccccc12. The van der Waals surface area contributed by atoms with Crippen molar-refractivity contribution in [3.8, 4) is 11.1 Å². The third-order valence-electron chi connectivity index (χ3n) is 4.66. The maximum Gasteiger partial charge on any atom is 0.369 e. The molecule has 0 fully saturated rings. The van der Waals surface area contributed by atoms with Crippen molar-refractivity contribution in [3.63, 3.8) is 0 Å². The quantitative estimate of drug-likeness (QED) is 0.349. The van der Waals surface area contributed by atoms with Gasteiger partial charge in [0.15, 0.2) is 5.34 Å². The van der Waals surface area contributed by atoms with Crippen LogP contribution in [0.2, 0.25) is 0 Å². The molecule has 0 amide bonds. The molecule has 0 unspecified atom stereocenters. The maximum atomic E-state index is 12.4. The highest BCUT2D eigenvalue weighted by Crippen LogP contribution is 2.39. The first-order chi connectivity index (χ1) is 12.7. The summed E-state index contributed by atoms with van der Waals surface area (Å²) in [5, 5.41) is 6.36. The zero-order valence-electron chi connectivity index (χ0n) is 14.1. The van der Waals surface area contributed by atoms with Gasteiger partial charge in [0.2, 0.25) is 0 Å². The van der Waals surface area contributed by atoms with Gasteiger partial charge in [0.1, 0.15) is 0 Å². The molecule has 0 atom stereocenters. The van der Waals surface area contributed by atoms with E-state index in [1.165, 1.54) is 0 Å². The Bertz CT molecular complexity index is 1160. The minimum Gasteiger partial charge on any atom is -0.279 e. The fourth-order valence-electron chi connectivity index (χ4n) is 3.51. The predicted octanol–water partition coefficient (Wildman–Crippen LogP) is 5.81. The Labute approximate surface area is 150 Å². The van der Waals surface area contributed by atoms with E-state index in [9.17, 15) is 9.70 Å².